The van der Waals surface area contributed by atoms with Crippen LogP contribution in [-0.4, -0.2) is 31.3 Å². The highest BCUT2D eigenvalue weighted by atomic mass is 19.4. The number of nitrogens with zero attached hydrogens (tertiary/aromatic N) is 5. The molecule has 0 bridgehead atoms. The molecule has 0 saturated carbocycles. The summed E-state index contributed by atoms with van der Waals surface area (Å²) in [7, 11) is 1.52. The van der Waals surface area contributed by atoms with Gasteiger partial charge in [0, 0.05) is 6.20 Å². The Labute approximate surface area is 182 Å². The predicted molar refractivity (Wildman–Crippen MR) is 112 cm³/mol. The molecule has 1 aromatic carbocycles. The summed E-state index contributed by atoms with van der Waals surface area (Å²) in [6.07, 6.45) is -3.11. The highest BCUT2D eigenvalue weighted by Gasteiger charge is 2.38. The normalized spacial score (nSPS) is 11.4. The van der Waals surface area contributed by atoms with Gasteiger partial charge in [-0.15, -0.1) is 5.10 Å². The van der Waals surface area contributed by atoms with E-state index in [4.69, 9.17) is 4.74 Å². The Morgan fingerprint density at radius 1 is 1.00 bits per heavy atom. The summed E-state index contributed by atoms with van der Waals surface area (Å²) >= 11 is 0. The van der Waals surface area contributed by atoms with Gasteiger partial charge < -0.3 is 9.14 Å². The Balaban J connectivity index is 0.00000141. The van der Waals surface area contributed by atoms with Crippen molar-refractivity contribution in [3.05, 3.63) is 65.0 Å². The quantitative estimate of drug-likeness (QED) is 0.389. The zero-order chi connectivity index (χ0) is 23.6. The smallest absolute Gasteiger partial charge is 0.453 e. The third kappa shape index (κ3) is 4.30. The number of ether oxygens (including phenoxy) is 1. The first kappa shape index (κ1) is 23.2. The maximum absolute atomic E-state index is 14.5. The number of aryl methyl sites for hydroxylation is 2. The molecular weight excluding hydrogens is 426 g/mol. The van der Waals surface area contributed by atoms with Crippen molar-refractivity contribution in [2.75, 3.05) is 7.11 Å². The summed E-state index contributed by atoms with van der Waals surface area (Å²) < 4.78 is 62.2. The number of aromatic nitrogens is 5. The number of rotatable bonds is 4. The number of hydrogen-bond donors (Lipinski definition) is 0. The molecule has 10 heteroatoms. The van der Waals surface area contributed by atoms with Crippen LogP contribution in [0.25, 0.3) is 17.2 Å². The second-order valence-corrected chi connectivity index (χ2v) is 6.81. The second-order valence-electron chi connectivity index (χ2n) is 6.81. The van der Waals surface area contributed by atoms with Crippen LogP contribution in [0.5, 0.6) is 5.75 Å². The number of halogens is 4. The fourth-order valence-corrected chi connectivity index (χ4v) is 3.15. The Hall–Kier alpha value is -3.43. The SMILES string of the molecule is CC.COc1ccc(Cn2nc(C(F)(F)F)nc2-c2nc3c(F)c(C)ccn3c2C)cc1. The number of hydrogen-bond acceptors (Lipinski definition) is 4. The molecular formula is C22H23F4N5O. The third-order valence-corrected chi connectivity index (χ3v) is 4.79. The van der Waals surface area contributed by atoms with E-state index in [1.54, 1.807) is 50.4 Å². The predicted octanol–water partition coefficient (Wildman–Crippen LogP) is 5.45. The van der Waals surface area contributed by atoms with Crippen LogP contribution in [0.3, 0.4) is 0 Å². The molecule has 0 aliphatic rings. The van der Waals surface area contributed by atoms with Crippen molar-refractivity contribution in [2.24, 2.45) is 0 Å². The van der Waals surface area contributed by atoms with Crippen LogP contribution in [0.15, 0.2) is 36.5 Å². The van der Waals surface area contributed by atoms with Crippen LogP contribution < -0.4 is 4.74 Å². The third-order valence-electron chi connectivity index (χ3n) is 4.79. The molecule has 0 fully saturated rings. The van der Waals surface area contributed by atoms with Crippen LogP contribution >= 0.6 is 0 Å². The molecule has 0 amide bonds. The number of methoxy groups -OCH3 is 1. The van der Waals surface area contributed by atoms with Crippen molar-refractivity contribution in [3.8, 4) is 17.3 Å². The molecule has 3 heterocycles. The number of fused-ring (bicyclic) bond motifs is 1. The molecule has 170 valence electrons. The Bertz CT molecular complexity index is 1230. The van der Waals surface area contributed by atoms with Gasteiger partial charge in [0.05, 0.1) is 19.3 Å². The van der Waals surface area contributed by atoms with Gasteiger partial charge in [0.15, 0.2) is 17.3 Å². The number of alkyl halides is 3. The van der Waals surface area contributed by atoms with Gasteiger partial charge in [-0.1, -0.05) is 26.0 Å². The fourth-order valence-electron chi connectivity index (χ4n) is 3.15. The van der Waals surface area contributed by atoms with Crippen LogP contribution in [0.2, 0.25) is 0 Å². The van der Waals surface area contributed by atoms with E-state index in [9.17, 15) is 17.6 Å². The zero-order valence-corrected chi connectivity index (χ0v) is 18.3. The molecule has 0 atom stereocenters. The Morgan fingerprint density at radius 3 is 2.25 bits per heavy atom. The van der Waals surface area contributed by atoms with E-state index in [1.807, 2.05) is 13.8 Å². The maximum atomic E-state index is 14.5. The van der Waals surface area contributed by atoms with Gasteiger partial charge in [-0.25, -0.2) is 19.0 Å². The summed E-state index contributed by atoms with van der Waals surface area (Å²) in [4.78, 5) is 7.94. The van der Waals surface area contributed by atoms with Crippen molar-refractivity contribution in [2.45, 2.75) is 40.4 Å². The van der Waals surface area contributed by atoms with E-state index in [2.05, 4.69) is 15.1 Å². The first-order valence-electron chi connectivity index (χ1n) is 9.98. The molecule has 3 aromatic heterocycles. The summed E-state index contributed by atoms with van der Waals surface area (Å²) in [5.41, 5.74) is 1.70. The van der Waals surface area contributed by atoms with Gasteiger partial charge in [0.25, 0.3) is 5.82 Å². The monoisotopic (exact) mass is 449 g/mol. The van der Waals surface area contributed by atoms with Crippen LogP contribution in [-0.2, 0) is 12.7 Å². The minimum absolute atomic E-state index is 0.0232. The lowest BCUT2D eigenvalue weighted by Crippen LogP contribution is -2.09. The minimum atomic E-state index is -4.73. The van der Waals surface area contributed by atoms with E-state index in [0.29, 0.717) is 22.6 Å². The van der Waals surface area contributed by atoms with E-state index >= 15 is 0 Å². The lowest BCUT2D eigenvalue weighted by molar-refractivity contribution is -0.144. The van der Waals surface area contributed by atoms with Crippen molar-refractivity contribution in [1.29, 1.82) is 0 Å². The van der Waals surface area contributed by atoms with Crippen LogP contribution in [0.1, 0.15) is 36.5 Å². The zero-order valence-electron chi connectivity index (χ0n) is 18.3. The van der Waals surface area contributed by atoms with Gasteiger partial charge in [0.2, 0.25) is 0 Å². The summed E-state index contributed by atoms with van der Waals surface area (Å²) in [6.45, 7) is 7.26. The average Bonchev–Trinajstić information content (AvgIpc) is 3.34. The standard InChI is InChI=1S/C20H17F4N5O.C2H6/c1-11-8-9-28-12(2)16(25-17(28)15(11)21)18-26-19(20(22,23)24)27-29(18)10-13-4-6-14(30-3)7-5-13;1-2/h4-9H,10H2,1-3H3;1-2H3. The Kier molecular flexibility index (Phi) is 6.52. The molecule has 0 aliphatic carbocycles. The number of benzene rings is 1. The van der Waals surface area contributed by atoms with Crippen molar-refractivity contribution in [1.82, 2.24) is 24.1 Å². The lowest BCUT2D eigenvalue weighted by Gasteiger charge is -2.06. The van der Waals surface area contributed by atoms with Crippen molar-refractivity contribution in [3.63, 3.8) is 0 Å². The summed E-state index contributed by atoms with van der Waals surface area (Å²) in [5, 5.41) is 3.65. The first-order chi connectivity index (χ1) is 15.2. The van der Waals surface area contributed by atoms with Gasteiger partial charge >= 0.3 is 6.18 Å². The highest BCUT2D eigenvalue weighted by molar-refractivity contribution is 5.61. The highest BCUT2D eigenvalue weighted by Crippen LogP contribution is 2.31. The van der Waals surface area contributed by atoms with Gasteiger partial charge in [0.1, 0.15) is 11.4 Å². The molecule has 4 aromatic rings. The molecule has 6 nitrogen and oxygen atoms in total. The van der Waals surface area contributed by atoms with Gasteiger partial charge in [-0.2, -0.15) is 13.2 Å². The minimum Gasteiger partial charge on any atom is -0.497 e. The molecule has 0 radical (unpaired) electrons. The lowest BCUT2D eigenvalue weighted by atomic mass is 10.2. The van der Waals surface area contributed by atoms with Crippen LogP contribution in [0, 0.1) is 19.7 Å². The van der Waals surface area contributed by atoms with Crippen LogP contribution in [0.4, 0.5) is 17.6 Å². The van der Waals surface area contributed by atoms with Gasteiger partial charge in [-0.3, -0.25) is 0 Å². The second kappa shape index (κ2) is 8.97. The summed E-state index contributed by atoms with van der Waals surface area (Å²) in [5.74, 6) is -1.28. The van der Waals surface area contributed by atoms with Crippen molar-refractivity contribution < 1.29 is 22.3 Å². The van der Waals surface area contributed by atoms with E-state index < -0.39 is 17.8 Å². The average molecular weight is 449 g/mol. The molecule has 0 saturated heterocycles. The van der Waals surface area contributed by atoms with E-state index in [0.717, 1.165) is 4.68 Å². The molecule has 4 rings (SSSR count). The molecule has 0 spiro atoms. The number of pyridine rings is 1. The van der Waals surface area contributed by atoms with Gasteiger partial charge in [-0.05, 0) is 43.2 Å². The molecule has 0 unspecified atom stereocenters. The topological polar surface area (TPSA) is 57.2 Å². The first-order valence-corrected chi connectivity index (χ1v) is 9.98. The molecule has 0 N–H and O–H groups in total. The van der Waals surface area contributed by atoms with Crippen molar-refractivity contribution >= 4 is 5.65 Å². The van der Waals surface area contributed by atoms with E-state index in [-0.39, 0.29) is 23.7 Å². The maximum Gasteiger partial charge on any atom is 0.453 e. The Morgan fingerprint density at radius 2 is 1.66 bits per heavy atom. The summed E-state index contributed by atoms with van der Waals surface area (Å²) in [6, 6.07) is 8.41. The fraction of sp³-hybridized carbons (Fsp3) is 0.318. The molecule has 0 aliphatic heterocycles. The largest absolute Gasteiger partial charge is 0.497 e. The van der Waals surface area contributed by atoms with E-state index in [1.165, 1.54) is 11.5 Å². The number of imidazole rings is 1. The molecule has 32 heavy (non-hydrogen) atoms.